The summed E-state index contributed by atoms with van der Waals surface area (Å²) in [6.07, 6.45) is 0. The van der Waals surface area contributed by atoms with Gasteiger partial charge in [0.1, 0.15) is 11.6 Å². The number of nitrogens with zero attached hydrogens (tertiary/aromatic N) is 2. The molecule has 1 aromatic carbocycles. The Hall–Kier alpha value is -3.43. The van der Waals surface area contributed by atoms with Crippen molar-refractivity contribution in [3.63, 3.8) is 0 Å². The Kier molecular flexibility index (Phi) is 9.86. The zero-order valence-corrected chi connectivity index (χ0v) is 16.5. The largest absolute Gasteiger partial charge is 0.461 e. The van der Waals surface area contributed by atoms with E-state index in [1.807, 2.05) is 0 Å². The van der Waals surface area contributed by atoms with Crippen LogP contribution in [-0.4, -0.2) is 47.5 Å². The van der Waals surface area contributed by atoms with E-state index in [0.29, 0.717) is 5.56 Å². The van der Waals surface area contributed by atoms with E-state index >= 15 is 0 Å². The second kappa shape index (κ2) is 12.1. The molecule has 0 radical (unpaired) electrons. The molecule has 0 amide bonds. The number of esters is 3. The molecule has 29 heavy (non-hydrogen) atoms. The van der Waals surface area contributed by atoms with Crippen molar-refractivity contribution in [2.24, 2.45) is 0 Å². The van der Waals surface area contributed by atoms with Crippen molar-refractivity contribution in [1.29, 1.82) is 0 Å². The van der Waals surface area contributed by atoms with Gasteiger partial charge in [-0.25, -0.2) is 23.5 Å². The van der Waals surface area contributed by atoms with E-state index in [0.717, 1.165) is 0 Å². The summed E-state index contributed by atoms with van der Waals surface area (Å²) in [5.74, 6) is -2.45. The minimum absolute atomic E-state index is 0.121. The fourth-order valence-corrected chi connectivity index (χ4v) is 2.03. The summed E-state index contributed by atoms with van der Waals surface area (Å²) in [4.78, 5) is 32.4. The van der Waals surface area contributed by atoms with Gasteiger partial charge in [-0.2, -0.15) is 5.10 Å². The van der Waals surface area contributed by atoms with E-state index in [2.05, 4.69) is 14.6 Å². The van der Waals surface area contributed by atoms with Gasteiger partial charge in [0.25, 0.3) is 0 Å². The Bertz CT molecular complexity index is 821. The molecular formula is C19H24FN3O6. The van der Waals surface area contributed by atoms with Crippen LogP contribution in [-0.2, 0) is 30.3 Å². The summed E-state index contributed by atoms with van der Waals surface area (Å²) in [7, 11) is 0. The van der Waals surface area contributed by atoms with Gasteiger partial charge in [0.2, 0.25) is 0 Å². The number of anilines is 1. The minimum atomic E-state index is -0.927. The molecule has 1 heterocycles. The van der Waals surface area contributed by atoms with E-state index in [1.54, 1.807) is 39.0 Å². The molecule has 0 unspecified atom stereocenters. The van der Waals surface area contributed by atoms with Crippen molar-refractivity contribution < 1.29 is 33.0 Å². The standard InChI is InChI=1S/C13H14FN3O2.C6H10O4/c1-2-19-13(18)11-7-12(15)17(16-11)8-9-5-3-4-6-10(9)14;1-3-9-5(7)6(8)10-4-2/h3-7H,2,8,15H2,1H3;3-4H2,1-2H3. The molecule has 0 bridgehead atoms. The number of benzene rings is 1. The van der Waals surface area contributed by atoms with E-state index < -0.39 is 17.9 Å². The topological polar surface area (TPSA) is 123 Å². The normalized spacial score (nSPS) is 9.79. The smallest absolute Gasteiger partial charge is 0.417 e. The Balaban J connectivity index is 0.000000359. The van der Waals surface area contributed by atoms with Crippen molar-refractivity contribution in [3.8, 4) is 0 Å². The van der Waals surface area contributed by atoms with Crippen molar-refractivity contribution in [2.45, 2.75) is 27.3 Å². The van der Waals surface area contributed by atoms with Gasteiger partial charge >= 0.3 is 17.9 Å². The van der Waals surface area contributed by atoms with Crippen LogP contribution in [0.2, 0.25) is 0 Å². The number of rotatable bonds is 6. The molecular weight excluding hydrogens is 385 g/mol. The number of halogens is 1. The first kappa shape index (κ1) is 23.6. The SMILES string of the molecule is CCOC(=O)C(=O)OCC.CCOC(=O)c1cc(N)n(Cc2ccccc2F)n1. The highest BCUT2D eigenvalue weighted by Gasteiger charge is 2.15. The van der Waals surface area contributed by atoms with Gasteiger partial charge in [0.05, 0.1) is 26.4 Å². The summed E-state index contributed by atoms with van der Waals surface area (Å²) in [5, 5.41) is 4.02. The van der Waals surface area contributed by atoms with Gasteiger partial charge in [-0.1, -0.05) is 18.2 Å². The highest BCUT2D eigenvalue weighted by molar-refractivity contribution is 6.29. The van der Waals surface area contributed by atoms with Gasteiger partial charge < -0.3 is 19.9 Å². The van der Waals surface area contributed by atoms with Gasteiger partial charge in [0, 0.05) is 11.6 Å². The van der Waals surface area contributed by atoms with Gasteiger partial charge in [-0.05, 0) is 26.8 Å². The van der Waals surface area contributed by atoms with Crippen molar-refractivity contribution in [1.82, 2.24) is 9.78 Å². The summed E-state index contributed by atoms with van der Waals surface area (Å²) in [5.41, 5.74) is 6.32. The lowest BCUT2D eigenvalue weighted by atomic mass is 10.2. The van der Waals surface area contributed by atoms with Crippen molar-refractivity contribution in [3.05, 3.63) is 47.4 Å². The van der Waals surface area contributed by atoms with Crippen LogP contribution in [0.5, 0.6) is 0 Å². The molecule has 2 rings (SSSR count). The number of aromatic nitrogens is 2. The lowest BCUT2D eigenvalue weighted by molar-refractivity contribution is -0.167. The first-order valence-corrected chi connectivity index (χ1v) is 8.91. The van der Waals surface area contributed by atoms with Gasteiger partial charge in [-0.15, -0.1) is 0 Å². The zero-order valence-electron chi connectivity index (χ0n) is 16.5. The molecule has 0 aliphatic rings. The second-order valence-corrected chi connectivity index (χ2v) is 5.36. The molecule has 10 heteroatoms. The summed E-state index contributed by atoms with van der Waals surface area (Å²) in [6.45, 7) is 5.76. The average Bonchev–Trinajstić information content (AvgIpc) is 3.05. The van der Waals surface area contributed by atoms with E-state index in [-0.39, 0.29) is 43.7 Å². The molecule has 0 saturated heterocycles. The van der Waals surface area contributed by atoms with Crippen molar-refractivity contribution in [2.75, 3.05) is 25.6 Å². The summed E-state index contributed by atoms with van der Waals surface area (Å²) < 4.78 is 28.4. The Morgan fingerprint density at radius 2 is 1.55 bits per heavy atom. The fraction of sp³-hybridized carbons (Fsp3) is 0.368. The van der Waals surface area contributed by atoms with Crippen LogP contribution in [0.25, 0.3) is 0 Å². The number of carbonyl (C=O) groups is 3. The molecule has 0 aliphatic heterocycles. The summed E-state index contributed by atoms with van der Waals surface area (Å²) in [6, 6.07) is 7.75. The first-order chi connectivity index (χ1) is 13.8. The van der Waals surface area contributed by atoms with E-state index in [1.165, 1.54) is 16.8 Å². The number of nitrogen functional groups attached to an aromatic ring is 1. The predicted octanol–water partition coefficient (Wildman–Crippen LogP) is 1.94. The third-order valence-corrected chi connectivity index (χ3v) is 3.29. The van der Waals surface area contributed by atoms with Gasteiger partial charge in [-0.3, -0.25) is 0 Å². The number of nitrogens with two attached hydrogens (primary N) is 1. The number of ether oxygens (including phenoxy) is 3. The number of carbonyl (C=O) groups excluding carboxylic acids is 3. The highest BCUT2D eigenvalue weighted by atomic mass is 19.1. The second-order valence-electron chi connectivity index (χ2n) is 5.36. The third kappa shape index (κ3) is 7.60. The van der Waals surface area contributed by atoms with Crippen molar-refractivity contribution >= 4 is 23.7 Å². The average molecular weight is 409 g/mol. The lowest BCUT2D eigenvalue weighted by Gasteiger charge is -2.05. The molecule has 0 aliphatic carbocycles. The maximum absolute atomic E-state index is 13.5. The molecule has 1 aromatic heterocycles. The van der Waals surface area contributed by atoms with Crippen LogP contribution in [0.3, 0.4) is 0 Å². The van der Waals surface area contributed by atoms with Crippen LogP contribution < -0.4 is 5.73 Å². The Morgan fingerprint density at radius 1 is 1.00 bits per heavy atom. The summed E-state index contributed by atoms with van der Waals surface area (Å²) >= 11 is 0. The Labute approximate surface area is 167 Å². The van der Waals surface area contributed by atoms with Gasteiger partial charge in [0.15, 0.2) is 5.69 Å². The molecule has 9 nitrogen and oxygen atoms in total. The fourth-order valence-electron chi connectivity index (χ4n) is 2.03. The minimum Gasteiger partial charge on any atom is -0.461 e. The Morgan fingerprint density at radius 3 is 2.07 bits per heavy atom. The first-order valence-electron chi connectivity index (χ1n) is 8.91. The molecule has 2 N–H and O–H groups in total. The lowest BCUT2D eigenvalue weighted by Crippen LogP contribution is -2.19. The van der Waals surface area contributed by atoms with Crippen LogP contribution in [0, 0.1) is 5.82 Å². The van der Waals surface area contributed by atoms with E-state index in [9.17, 15) is 18.8 Å². The van der Waals surface area contributed by atoms with Crippen LogP contribution in [0.15, 0.2) is 30.3 Å². The molecule has 158 valence electrons. The molecule has 0 spiro atoms. The van der Waals surface area contributed by atoms with Crippen LogP contribution in [0.4, 0.5) is 10.2 Å². The molecule has 0 fully saturated rings. The van der Waals surface area contributed by atoms with E-state index in [4.69, 9.17) is 10.5 Å². The molecule has 2 aromatic rings. The van der Waals surface area contributed by atoms with Crippen LogP contribution in [0.1, 0.15) is 36.8 Å². The quantitative estimate of drug-likeness (QED) is 0.436. The zero-order chi connectivity index (χ0) is 21.8. The third-order valence-electron chi connectivity index (χ3n) is 3.29. The van der Waals surface area contributed by atoms with Crippen LogP contribution >= 0.6 is 0 Å². The monoisotopic (exact) mass is 409 g/mol. The maximum atomic E-state index is 13.5. The number of hydrogen-bond donors (Lipinski definition) is 1. The highest BCUT2D eigenvalue weighted by Crippen LogP contribution is 2.13. The maximum Gasteiger partial charge on any atom is 0.417 e. The molecule has 0 atom stereocenters. The predicted molar refractivity (Wildman–Crippen MR) is 101 cm³/mol. The number of hydrogen-bond acceptors (Lipinski definition) is 8. The molecule has 0 saturated carbocycles.